The lowest BCUT2D eigenvalue weighted by molar-refractivity contribution is -0.000210. The van der Waals surface area contributed by atoms with E-state index in [-0.39, 0.29) is 5.56 Å². The number of rotatable bonds is 2. The predicted octanol–water partition coefficient (Wildman–Crippen LogP) is 1.40. The molecule has 0 aromatic carbocycles. The minimum absolute atomic E-state index is 0.250. The lowest BCUT2D eigenvalue weighted by atomic mass is 9.73. The summed E-state index contributed by atoms with van der Waals surface area (Å²) in [4.78, 5) is 17.1. The summed E-state index contributed by atoms with van der Waals surface area (Å²) in [5.41, 5.74) is 1.55. The number of hydrogen-bond acceptors (Lipinski definition) is 4. The topological polar surface area (TPSA) is 62.7 Å². The van der Waals surface area contributed by atoms with E-state index < -0.39 is 5.97 Å². The summed E-state index contributed by atoms with van der Waals surface area (Å²) in [6.45, 7) is 3.67. The largest absolute Gasteiger partial charge is 0.478 e. The van der Waals surface area contributed by atoms with Gasteiger partial charge in [-0.15, -0.1) is 0 Å². The smallest absolute Gasteiger partial charge is 0.337 e. The van der Waals surface area contributed by atoms with Crippen LogP contribution < -0.4 is 4.90 Å². The van der Waals surface area contributed by atoms with Crippen LogP contribution in [0.25, 0.3) is 0 Å². The molecule has 18 heavy (non-hydrogen) atoms. The summed E-state index contributed by atoms with van der Waals surface area (Å²) < 4.78 is 5.38. The zero-order chi connectivity index (χ0) is 12.6. The van der Waals surface area contributed by atoms with E-state index in [1.807, 2.05) is 0 Å². The second kappa shape index (κ2) is 4.24. The molecule has 0 radical (unpaired) electrons. The molecule has 1 aromatic heterocycles. The van der Waals surface area contributed by atoms with Gasteiger partial charge in [0.25, 0.3) is 0 Å². The van der Waals surface area contributed by atoms with Crippen LogP contribution in [0.5, 0.6) is 0 Å². The summed E-state index contributed by atoms with van der Waals surface area (Å²) in [6, 6.07) is 1.70. The summed E-state index contributed by atoms with van der Waals surface area (Å²) in [7, 11) is 0. The van der Waals surface area contributed by atoms with Crippen molar-refractivity contribution in [3.63, 3.8) is 0 Å². The van der Waals surface area contributed by atoms with Crippen molar-refractivity contribution in [2.75, 3.05) is 31.2 Å². The Morgan fingerprint density at radius 1 is 1.33 bits per heavy atom. The van der Waals surface area contributed by atoms with Crippen LogP contribution in [0.4, 0.5) is 5.69 Å². The summed E-state index contributed by atoms with van der Waals surface area (Å²) in [6.07, 6.45) is 5.33. The van der Waals surface area contributed by atoms with Crippen LogP contribution in [0.15, 0.2) is 18.5 Å². The van der Waals surface area contributed by atoms with Gasteiger partial charge in [0.15, 0.2) is 0 Å². The van der Waals surface area contributed by atoms with Gasteiger partial charge in [-0.3, -0.25) is 4.98 Å². The van der Waals surface area contributed by atoms with Crippen LogP contribution in [0.1, 0.15) is 23.2 Å². The molecular formula is C13H16N2O3. The Morgan fingerprint density at radius 3 is 2.72 bits per heavy atom. The maximum Gasteiger partial charge on any atom is 0.337 e. The van der Waals surface area contributed by atoms with E-state index in [4.69, 9.17) is 9.84 Å². The van der Waals surface area contributed by atoms with Crippen molar-refractivity contribution < 1.29 is 14.6 Å². The minimum atomic E-state index is -0.925. The number of carboxylic acid groups (broad SMARTS) is 1. The van der Waals surface area contributed by atoms with E-state index in [0.717, 1.165) is 44.8 Å². The monoisotopic (exact) mass is 248 g/mol. The Bertz CT molecular complexity index is 461. The fourth-order valence-electron chi connectivity index (χ4n) is 2.78. The molecule has 0 saturated carbocycles. The molecule has 2 saturated heterocycles. The molecule has 5 heteroatoms. The van der Waals surface area contributed by atoms with Crippen molar-refractivity contribution in [2.45, 2.75) is 12.8 Å². The van der Waals surface area contributed by atoms with Crippen molar-refractivity contribution in [3.8, 4) is 0 Å². The Kier molecular flexibility index (Phi) is 2.70. The highest BCUT2D eigenvalue weighted by atomic mass is 16.5. The molecular weight excluding hydrogens is 232 g/mol. The van der Waals surface area contributed by atoms with Gasteiger partial charge in [0, 0.05) is 37.9 Å². The highest BCUT2D eigenvalue weighted by Gasteiger charge is 2.43. The number of hydrogen-bond donors (Lipinski definition) is 1. The molecule has 3 rings (SSSR count). The zero-order valence-electron chi connectivity index (χ0n) is 10.1. The third-order valence-corrected chi connectivity index (χ3v) is 3.94. The van der Waals surface area contributed by atoms with E-state index in [2.05, 4.69) is 9.88 Å². The SMILES string of the molecule is O=C(O)c1cncc(N2CC3(CCOCC3)C2)c1. The Hall–Kier alpha value is -1.62. The van der Waals surface area contributed by atoms with Gasteiger partial charge >= 0.3 is 5.97 Å². The quantitative estimate of drug-likeness (QED) is 0.857. The maximum atomic E-state index is 10.9. The second-order valence-corrected chi connectivity index (χ2v) is 5.21. The van der Waals surface area contributed by atoms with Crippen molar-refractivity contribution in [3.05, 3.63) is 24.0 Å². The van der Waals surface area contributed by atoms with Gasteiger partial charge in [-0.25, -0.2) is 4.79 Å². The van der Waals surface area contributed by atoms with Crippen LogP contribution >= 0.6 is 0 Å². The summed E-state index contributed by atoms with van der Waals surface area (Å²) in [5.74, 6) is -0.925. The molecule has 0 bridgehead atoms. The first-order valence-electron chi connectivity index (χ1n) is 6.20. The lowest BCUT2D eigenvalue weighted by Gasteiger charge is -2.53. The Labute approximate surface area is 105 Å². The van der Waals surface area contributed by atoms with Crippen molar-refractivity contribution in [2.24, 2.45) is 5.41 Å². The van der Waals surface area contributed by atoms with Gasteiger partial charge in [-0.05, 0) is 18.9 Å². The maximum absolute atomic E-state index is 10.9. The number of carboxylic acids is 1. The number of carbonyl (C=O) groups is 1. The molecule has 1 N–H and O–H groups in total. The molecule has 1 aromatic rings. The molecule has 3 heterocycles. The molecule has 0 aliphatic carbocycles. The number of nitrogens with zero attached hydrogens (tertiary/aromatic N) is 2. The first-order chi connectivity index (χ1) is 8.69. The van der Waals surface area contributed by atoms with Gasteiger partial charge in [-0.1, -0.05) is 0 Å². The number of aromatic carboxylic acids is 1. The van der Waals surface area contributed by atoms with E-state index in [1.54, 1.807) is 12.3 Å². The molecule has 96 valence electrons. The van der Waals surface area contributed by atoms with Crippen LogP contribution in [0, 0.1) is 5.41 Å². The number of aromatic nitrogens is 1. The minimum Gasteiger partial charge on any atom is -0.478 e. The van der Waals surface area contributed by atoms with Crippen LogP contribution in [-0.2, 0) is 4.74 Å². The third kappa shape index (κ3) is 1.95. The van der Waals surface area contributed by atoms with Crippen molar-refractivity contribution >= 4 is 11.7 Å². The molecule has 0 atom stereocenters. The number of anilines is 1. The summed E-state index contributed by atoms with van der Waals surface area (Å²) >= 11 is 0. The van der Waals surface area contributed by atoms with E-state index in [1.165, 1.54) is 6.20 Å². The Morgan fingerprint density at radius 2 is 2.06 bits per heavy atom. The highest BCUT2D eigenvalue weighted by molar-refractivity contribution is 5.88. The highest BCUT2D eigenvalue weighted by Crippen LogP contribution is 2.41. The lowest BCUT2D eigenvalue weighted by Crippen LogP contribution is -2.58. The number of pyridine rings is 1. The van der Waals surface area contributed by atoms with Gasteiger partial charge in [0.1, 0.15) is 0 Å². The molecule has 5 nitrogen and oxygen atoms in total. The van der Waals surface area contributed by atoms with Gasteiger partial charge < -0.3 is 14.7 Å². The van der Waals surface area contributed by atoms with Crippen molar-refractivity contribution in [1.82, 2.24) is 4.98 Å². The standard InChI is InChI=1S/C13H16N2O3/c16-12(17)10-5-11(7-14-6-10)15-8-13(9-15)1-3-18-4-2-13/h5-7H,1-4,8-9H2,(H,16,17). The molecule has 0 amide bonds. The average Bonchev–Trinajstić information content (AvgIpc) is 2.37. The molecule has 2 aliphatic rings. The fraction of sp³-hybridized carbons (Fsp3) is 0.538. The average molecular weight is 248 g/mol. The van der Waals surface area contributed by atoms with Gasteiger partial charge in [-0.2, -0.15) is 0 Å². The predicted molar refractivity (Wildman–Crippen MR) is 65.9 cm³/mol. The van der Waals surface area contributed by atoms with Gasteiger partial charge in [0.05, 0.1) is 17.4 Å². The zero-order valence-corrected chi connectivity index (χ0v) is 10.1. The first kappa shape index (κ1) is 11.5. The fourth-order valence-corrected chi connectivity index (χ4v) is 2.78. The Balaban J connectivity index is 1.70. The second-order valence-electron chi connectivity index (χ2n) is 5.21. The van der Waals surface area contributed by atoms with Crippen molar-refractivity contribution in [1.29, 1.82) is 0 Å². The molecule has 0 unspecified atom stereocenters. The molecule has 2 aliphatic heterocycles. The van der Waals surface area contributed by atoms with E-state index in [9.17, 15) is 4.79 Å². The van der Waals surface area contributed by atoms with Crippen LogP contribution in [0.3, 0.4) is 0 Å². The number of ether oxygens (including phenoxy) is 1. The van der Waals surface area contributed by atoms with E-state index >= 15 is 0 Å². The van der Waals surface area contributed by atoms with Crippen LogP contribution in [-0.4, -0.2) is 42.4 Å². The third-order valence-electron chi connectivity index (χ3n) is 3.94. The van der Waals surface area contributed by atoms with Gasteiger partial charge in [0.2, 0.25) is 0 Å². The summed E-state index contributed by atoms with van der Waals surface area (Å²) in [5, 5.41) is 8.95. The first-order valence-corrected chi connectivity index (χ1v) is 6.20. The van der Waals surface area contributed by atoms with Crippen LogP contribution in [0.2, 0.25) is 0 Å². The normalized spacial score (nSPS) is 21.7. The molecule has 2 fully saturated rings. The molecule has 1 spiro atoms. The van der Waals surface area contributed by atoms with E-state index in [0.29, 0.717) is 5.41 Å².